The monoisotopic (exact) mass is 354 g/mol. The highest BCUT2D eigenvalue weighted by atomic mass is 16.5. The summed E-state index contributed by atoms with van der Waals surface area (Å²) in [6.45, 7) is 5.84. The second-order valence-electron chi connectivity index (χ2n) is 7.11. The highest BCUT2D eigenvalue weighted by Crippen LogP contribution is 2.49. The van der Waals surface area contributed by atoms with E-state index in [1.165, 1.54) is 30.3 Å². The summed E-state index contributed by atoms with van der Waals surface area (Å²) >= 11 is 0. The maximum Gasteiger partial charge on any atom is 0.238 e. The topological polar surface area (TPSA) is 100 Å². The van der Waals surface area contributed by atoms with Crippen molar-refractivity contribution in [3.8, 4) is 34.3 Å². The molecule has 26 heavy (non-hydrogen) atoms. The van der Waals surface area contributed by atoms with Gasteiger partial charge < -0.3 is 24.5 Å². The minimum Gasteiger partial charge on any atom is -0.508 e. The highest BCUT2D eigenvalue weighted by Gasteiger charge is 2.42. The van der Waals surface area contributed by atoms with E-state index in [-0.39, 0.29) is 34.3 Å². The van der Waals surface area contributed by atoms with Gasteiger partial charge in [-0.15, -0.1) is 0 Å². The zero-order valence-corrected chi connectivity index (χ0v) is 14.5. The van der Waals surface area contributed by atoms with E-state index in [0.29, 0.717) is 16.9 Å². The van der Waals surface area contributed by atoms with Gasteiger partial charge in [-0.25, -0.2) is 0 Å². The first-order valence-electron chi connectivity index (χ1n) is 8.24. The van der Waals surface area contributed by atoms with Crippen molar-refractivity contribution in [2.45, 2.75) is 32.3 Å². The minimum atomic E-state index is -0.718. The van der Waals surface area contributed by atoms with Gasteiger partial charge in [0.1, 0.15) is 34.3 Å². The van der Waals surface area contributed by atoms with Crippen LogP contribution in [0.2, 0.25) is 0 Å². The van der Waals surface area contributed by atoms with E-state index in [4.69, 9.17) is 9.15 Å². The summed E-state index contributed by atoms with van der Waals surface area (Å²) < 4.78 is 11.8. The summed E-state index contributed by atoms with van der Waals surface area (Å²) in [4.78, 5) is 12.7. The van der Waals surface area contributed by atoms with Crippen LogP contribution >= 0.6 is 0 Å². The van der Waals surface area contributed by atoms with Crippen LogP contribution in [0.3, 0.4) is 0 Å². The first-order chi connectivity index (χ1) is 12.2. The maximum atomic E-state index is 12.7. The Morgan fingerprint density at radius 1 is 1.08 bits per heavy atom. The maximum absolute atomic E-state index is 12.7. The van der Waals surface area contributed by atoms with Crippen LogP contribution in [0.15, 0.2) is 39.5 Å². The van der Waals surface area contributed by atoms with Crippen molar-refractivity contribution in [1.29, 1.82) is 0 Å². The highest BCUT2D eigenvalue weighted by molar-refractivity contribution is 5.92. The van der Waals surface area contributed by atoms with Gasteiger partial charge in [-0.05, 0) is 31.2 Å². The summed E-state index contributed by atoms with van der Waals surface area (Å²) in [5, 5.41) is 30.1. The first kappa shape index (κ1) is 16.3. The molecule has 0 amide bonds. The van der Waals surface area contributed by atoms with Gasteiger partial charge in [-0.1, -0.05) is 13.8 Å². The molecule has 0 saturated carbocycles. The van der Waals surface area contributed by atoms with E-state index >= 15 is 0 Å². The third kappa shape index (κ3) is 2.08. The van der Waals surface area contributed by atoms with Gasteiger partial charge in [0.25, 0.3) is 0 Å². The molecule has 1 atom stereocenters. The lowest BCUT2D eigenvalue weighted by Gasteiger charge is -2.22. The quantitative estimate of drug-likeness (QED) is 0.617. The number of fused-ring (bicyclic) bond motifs is 3. The first-order valence-corrected chi connectivity index (χ1v) is 8.24. The fraction of sp³-hybridized carbons (Fsp3) is 0.250. The largest absolute Gasteiger partial charge is 0.508 e. The summed E-state index contributed by atoms with van der Waals surface area (Å²) in [7, 11) is 0. The molecule has 6 nitrogen and oxygen atoms in total. The molecule has 0 saturated heterocycles. The molecular weight excluding hydrogens is 336 g/mol. The molecule has 0 spiro atoms. The lowest BCUT2D eigenvalue weighted by Crippen LogP contribution is -2.29. The number of rotatable bonds is 1. The third-order valence-electron chi connectivity index (χ3n) is 5.18. The molecule has 0 fully saturated rings. The lowest BCUT2D eigenvalue weighted by molar-refractivity contribution is 0.185. The number of phenolic OH excluding ortho intramolecular Hbond substituents is 2. The Morgan fingerprint density at radius 3 is 2.38 bits per heavy atom. The predicted octanol–water partition coefficient (Wildman–Crippen LogP) is 3.64. The average molecular weight is 354 g/mol. The van der Waals surface area contributed by atoms with Crippen molar-refractivity contribution < 1.29 is 24.5 Å². The van der Waals surface area contributed by atoms with Gasteiger partial charge in [-0.2, -0.15) is 0 Å². The predicted molar refractivity (Wildman–Crippen MR) is 96.0 cm³/mol. The molecule has 1 aliphatic heterocycles. The number of ether oxygens (including phenoxy) is 1. The molecule has 0 radical (unpaired) electrons. The minimum absolute atomic E-state index is 0.0225. The standard InChI is InChI=1S/C20H18O6/c1-9-20(2,3)15-13(25-9)8-12(22)14-16(23)17(24)18(26-19(14)15)10-4-6-11(21)7-5-10/h4-9,21-22,24H,1-3H3. The fourth-order valence-electron chi connectivity index (χ4n) is 3.37. The van der Waals surface area contributed by atoms with Crippen LogP contribution in [0.25, 0.3) is 22.3 Å². The van der Waals surface area contributed by atoms with Gasteiger partial charge in [0.2, 0.25) is 11.2 Å². The summed E-state index contributed by atoms with van der Waals surface area (Å²) in [5.74, 6) is -0.407. The van der Waals surface area contributed by atoms with Gasteiger partial charge in [0.15, 0.2) is 5.76 Å². The molecule has 134 valence electrons. The Hall–Kier alpha value is -3.15. The summed E-state index contributed by atoms with van der Waals surface area (Å²) in [5.41, 5.74) is 0.127. The third-order valence-corrected chi connectivity index (χ3v) is 5.18. The van der Waals surface area contributed by atoms with Crippen LogP contribution in [0.1, 0.15) is 26.3 Å². The average Bonchev–Trinajstić information content (AvgIpc) is 2.80. The van der Waals surface area contributed by atoms with E-state index < -0.39 is 16.6 Å². The van der Waals surface area contributed by atoms with Crippen molar-refractivity contribution in [2.75, 3.05) is 0 Å². The van der Waals surface area contributed by atoms with Crippen LogP contribution in [0.4, 0.5) is 0 Å². The van der Waals surface area contributed by atoms with Crippen LogP contribution in [0, 0.1) is 0 Å². The Kier molecular flexibility index (Phi) is 3.25. The molecule has 1 aliphatic rings. The number of phenols is 2. The number of hydrogen-bond donors (Lipinski definition) is 3. The number of hydrogen-bond acceptors (Lipinski definition) is 6. The molecule has 2 aromatic carbocycles. The second-order valence-corrected chi connectivity index (χ2v) is 7.11. The SMILES string of the molecule is CC1Oc2cc(O)c3c(=O)c(O)c(-c4ccc(O)cc4)oc3c2C1(C)C. The molecule has 0 aliphatic carbocycles. The molecule has 6 heteroatoms. The summed E-state index contributed by atoms with van der Waals surface area (Å²) in [6, 6.07) is 7.32. The van der Waals surface area contributed by atoms with Crippen molar-refractivity contribution in [3.63, 3.8) is 0 Å². The second kappa shape index (κ2) is 5.17. The molecule has 0 bridgehead atoms. The smallest absolute Gasteiger partial charge is 0.238 e. The van der Waals surface area contributed by atoms with E-state index in [2.05, 4.69) is 0 Å². The number of aromatic hydroxyl groups is 3. The van der Waals surface area contributed by atoms with Gasteiger partial charge in [0, 0.05) is 22.6 Å². The van der Waals surface area contributed by atoms with Gasteiger partial charge >= 0.3 is 0 Å². The van der Waals surface area contributed by atoms with Crippen molar-refractivity contribution in [1.82, 2.24) is 0 Å². The van der Waals surface area contributed by atoms with Crippen LogP contribution in [-0.4, -0.2) is 21.4 Å². The van der Waals surface area contributed by atoms with E-state index in [0.717, 1.165) is 0 Å². The molecule has 1 aromatic heterocycles. The van der Waals surface area contributed by atoms with Crippen molar-refractivity contribution >= 4 is 11.0 Å². The Morgan fingerprint density at radius 2 is 1.73 bits per heavy atom. The molecule has 4 rings (SSSR count). The van der Waals surface area contributed by atoms with Crippen LogP contribution in [-0.2, 0) is 5.41 Å². The lowest BCUT2D eigenvalue weighted by atomic mass is 9.81. The Bertz CT molecular complexity index is 1090. The summed E-state index contributed by atoms with van der Waals surface area (Å²) in [6.07, 6.45) is -0.182. The number of benzene rings is 2. The van der Waals surface area contributed by atoms with Crippen LogP contribution in [0.5, 0.6) is 23.0 Å². The molecular formula is C20H18O6. The van der Waals surface area contributed by atoms with E-state index in [9.17, 15) is 20.1 Å². The zero-order valence-electron chi connectivity index (χ0n) is 14.5. The normalized spacial score (nSPS) is 17.9. The van der Waals surface area contributed by atoms with Gasteiger partial charge in [0.05, 0.1) is 0 Å². The molecule has 1 unspecified atom stereocenters. The van der Waals surface area contributed by atoms with E-state index in [1.807, 2.05) is 20.8 Å². The Labute approximate surface area is 148 Å². The molecule has 2 heterocycles. The fourth-order valence-corrected chi connectivity index (χ4v) is 3.37. The molecule has 3 N–H and O–H groups in total. The zero-order chi connectivity index (χ0) is 18.8. The van der Waals surface area contributed by atoms with Crippen molar-refractivity contribution in [2.24, 2.45) is 0 Å². The van der Waals surface area contributed by atoms with Gasteiger partial charge in [-0.3, -0.25) is 4.79 Å². The van der Waals surface area contributed by atoms with E-state index in [1.54, 1.807) is 0 Å². The Balaban J connectivity index is 2.13. The molecule has 3 aromatic rings. The van der Waals surface area contributed by atoms with Crippen LogP contribution < -0.4 is 10.2 Å². The van der Waals surface area contributed by atoms with Crippen molar-refractivity contribution in [3.05, 3.63) is 46.1 Å².